The minimum absolute atomic E-state index is 0.00898. The van der Waals surface area contributed by atoms with Crippen LogP contribution in [0.15, 0.2) is 48.5 Å². The highest BCUT2D eigenvalue weighted by molar-refractivity contribution is 5.97. The van der Waals surface area contributed by atoms with Crippen LogP contribution in [-0.4, -0.2) is 24.7 Å². The Morgan fingerprint density at radius 1 is 0.690 bits per heavy atom. The molecule has 0 atom stereocenters. The number of Topliss-reactive ketones (excluding diaryl/α,β-unsaturated/α-hetero) is 2. The molecular weight excluding hydrogens is 400 g/mol. The SMILES string of the molecule is O=C(CC[N-]CCC(=O)c1cccc(C(F)(F)F)c1)c1cccc(C(F)(F)F)c1. The van der Waals surface area contributed by atoms with E-state index in [1.54, 1.807) is 0 Å². The maximum absolute atomic E-state index is 12.7. The maximum atomic E-state index is 12.7. The predicted octanol–water partition coefficient (Wildman–Crippen LogP) is 5.94. The molecule has 0 bridgehead atoms. The number of carbonyl (C=O) groups is 2. The molecule has 0 amide bonds. The third-order valence-corrected chi connectivity index (χ3v) is 4.02. The van der Waals surface area contributed by atoms with E-state index in [1.807, 2.05) is 0 Å². The zero-order valence-corrected chi connectivity index (χ0v) is 15.0. The first-order valence-electron chi connectivity index (χ1n) is 8.52. The van der Waals surface area contributed by atoms with Crippen molar-refractivity contribution in [3.8, 4) is 0 Å². The van der Waals surface area contributed by atoms with Crippen molar-refractivity contribution in [2.24, 2.45) is 0 Å². The van der Waals surface area contributed by atoms with Crippen LogP contribution in [0.2, 0.25) is 0 Å². The molecule has 2 aromatic rings. The van der Waals surface area contributed by atoms with E-state index in [2.05, 4.69) is 5.32 Å². The molecule has 0 aliphatic carbocycles. The smallest absolute Gasteiger partial charge is 0.416 e. The summed E-state index contributed by atoms with van der Waals surface area (Å²) in [4.78, 5) is 23.9. The lowest BCUT2D eigenvalue weighted by molar-refractivity contribution is -0.138. The first-order valence-corrected chi connectivity index (χ1v) is 8.52. The van der Waals surface area contributed by atoms with Gasteiger partial charge in [-0.1, -0.05) is 24.3 Å². The van der Waals surface area contributed by atoms with Gasteiger partial charge in [-0.25, -0.2) is 0 Å². The van der Waals surface area contributed by atoms with Gasteiger partial charge in [-0.15, -0.1) is 13.1 Å². The van der Waals surface area contributed by atoms with E-state index in [-0.39, 0.29) is 37.1 Å². The summed E-state index contributed by atoms with van der Waals surface area (Å²) in [5.74, 6) is -1.05. The first-order chi connectivity index (χ1) is 13.5. The van der Waals surface area contributed by atoms with Crippen LogP contribution in [-0.2, 0) is 12.4 Å². The van der Waals surface area contributed by atoms with Gasteiger partial charge < -0.3 is 5.32 Å². The number of carbonyl (C=O) groups excluding carboxylic acids is 2. The highest BCUT2D eigenvalue weighted by atomic mass is 19.4. The van der Waals surface area contributed by atoms with Crippen LogP contribution in [0.25, 0.3) is 5.32 Å². The zero-order chi connectivity index (χ0) is 21.7. The third-order valence-electron chi connectivity index (χ3n) is 4.02. The second-order valence-corrected chi connectivity index (χ2v) is 6.17. The highest BCUT2D eigenvalue weighted by Gasteiger charge is 2.31. The molecule has 0 aliphatic heterocycles. The van der Waals surface area contributed by atoms with Gasteiger partial charge in [0.25, 0.3) is 0 Å². The molecule has 0 spiro atoms. The van der Waals surface area contributed by atoms with Gasteiger partial charge in [-0.2, -0.15) is 26.3 Å². The molecule has 0 heterocycles. The average Bonchev–Trinajstić information content (AvgIpc) is 2.66. The summed E-state index contributed by atoms with van der Waals surface area (Å²) in [6, 6.07) is 8.07. The van der Waals surface area contributed by atoms with Crippen LogP contribution < -0.4 is 0 Å². The van der Waals surface area contributed by atoms with Crippen LogP contribution in [0, 0.1) is 0 Å². The fourth-order valence-corrected chi connectivity index (χ4v) is 2.50. The molecule has 9 heteroatoms. The van der Waals surface area contributed by atoms with Crippen molar-refractivity contribution in [1.29, 1.82) is 0 Å². The topological polar surface area (TPSA) is 48.2 Å². The summed E-state index contributed by atoms with van der Waals surface area (Å²) in [5, 5.41) is 3.96. The van der Waals surface area contributed by atoms with Gasteiger partial charge in [0.05, 0.1) is 11.1 Å². The summed E-state index contributed by atoms with van der Waals surface area (Å²) < 4.78 is 76.0. The number of alkyl halides is 6. The molecule has 0 unspecified atom stereocenters. The number of hydrogen-bond donors (Lipinski definition) is 0. The molecule has 29 heavy (non-hydrogen) atoms. The minimum Gasteiger partial charge on any atom is -0.662 e. The van der Waals surface area contributed by atoms with Gasteiger partial charge in [0, 0.05) is 11.1 Å². The molecule has 0 aliphatic rings. The van der Waals surface area contributed by atoms with Crippen molar-refractivity contribution < 1.29 is 35.9 Å². The molecular formula is C20H16F6NO2-. The van der Waals surface area contributed by atoms with E-state index >= 15 is 0 Å². The molecule has 156 valence electrons. The molecule has 3 nitrogen and oxygen atoms in total. The maximum Gasteiger partial charge on any atom is 0.416 e. The lowest BCUT2D eigenvalue weighted by atomic mass is 10.0. The highest BCUT2D eigenvalue weighted by Crippen LogP contribution is 2.30. The summed E-state index contributed by atoms with van der Waals surface area (Å²) in [5.41, 5.74) is -2.02. The van der Waals surface area contributed by atoms with E-state index in [1.165, 1.54) is 12.1 Å². The number of ketones is 2. The van der Waals surface area contributed by atoms with Crippen molar-refractivity contribution >= 4 is 11.6 Å². The Kier molecular flexibility index (Phi) is 7.18. The Hall–Kier alpha value is -2.68. The summed E-state index contributed by atoms with van der Waals surface area (Å²) >= 11 is 0. The number of nitrogens with zero attached hydrogens (tertiary/aromatic N) is 1. The van der Waals surface area contributed by atoms with Crippen LogP contribution in [0.3, 0.4) is 0 Å². The van der Waals surface area contributed by atoms with E-state index in [0.29, 0.717) is 0 Å². The van der Waals surface area contributed by atoms with Crippen molar-refractivity contribution in [3.63, 3.8) is 0 Å². The van der Waals surface area contributed by atoms with Crippen molar-refractivity contribution in [2.75, 3.05) is 13.1 Å². The molecule has 0 saturated heterocycles. The third kappa shape index (κ3) is 6.70. The van der Waals surface area contributed by atoms with Crippen LogP contribution in [0.5, 0.6) is 0 Å². The number of halogens is 6. The lowest BCUT2D eigenvalue weighted by Crippen LogP contribution is -2.09. The van der Waals surface area contributed by atoms with Gasteiger partial charge in [0.1, 0.15) is 0 Å². The second-order valence-electron chi connectivity index (χ2n) is 6.17. The van der Waals surface area contributed by atoms with Gasteiger partial charge in [-0.3, -0.25) is 9.59 Å². The van der Waals surface area contributed by atoms with E-state index in [0.717, 1.165) is 36.4 Å². The Balaban J connectivity index is 1.80. The number of rotatable bonds is 8. The average molecular weight is 416 g/mol. The van der Waals surface area contributed by atoms with Gasteiger partial charge in [0.2, 0.25) is 0 Å². The quantitative estimate of drug-likeness (QED) is 0.304. The van der Waals surface area contributed by atoms with E-state index in [4.69, 9.17) is 0 Å². The molecule has 0 N–H and O–H groups in total. The molecule has 2 aromatic carbocycles. The van der Waals surface area contributed by atoms with Crippen molar-refractivity contribution in [1.82, 2.24) is 0 Å². The normalized spacial score (nSPS) is 12.1. The summed E-state index contributed by atoms with van der Waals surface area (Å²) in [6.45, 7) is -0.0180. The Labute approximate surface area is 162 Å². The summed E-state index contributed by atoms with van der Waals surface area (Å²) in [6.07, 6.45) is -9.38. The second kappa shape index (κ2) is 9.21. The van der Waals surface area contributed by atoms with Gasteiger partial charge in [-0.05, 0) is 37.1 Å². The predicted molar refractivity (Wildman–Crippen MR) is 93.9 cm³/mol. The van der Waals surface area contributed by atoms with Crippen molar-refractivity contribution in [2.45, 2.75) is 25.2 Å². The zero-order valence-electron chi connectivity index (χ0n) is 15.0. The Bertz CT molecular complexity index is 802. The molecule has 0 saturated carbocycles. The van der Waals surface area contributed by atoms with Crippen LogP contribution >= 0.6 is 0 Å². The van der Waals surface area contributed by atoms with E-state index in [9.17, 15) is 35.9 Å². The number of hydrogen-bond acceptors (Lipinski definition) is 2. The molecule has 2 rings (SSSR count). The summed E-state index contributed by atoms with van der Waals surface area (Å²) in [7, 11) is 0. The number of benzene rings is 2. The standard InChI is InChI=1S/C20H16F6NO2/c21-19(22,23)15-5-1-3-13(11-15)17(28)7-9-27-10-8-18(29)14-4-2-6-16(12-14)20(24,25)26/h1-6,11-12H,7-10H2/q-1. The minimum atomic E-state index is -4.55. The molecule has 0 aromatic heterocycles. The van der Waals surface area contributed by atoms with Crippen LogP contribution in [0.1, 0.15) is 44.7 Å². The van der Waals surface area contributed by atoms with Gasteiger partial charge in [0.15, 0.2) is 11.6 Å². The largest absolute Gasteiger partial charge is 0.662 e. The Morgan fingerprint density at radius 3 is 1.41 bits per heavy atom. The molecule has 0 radical (unpaired) electrons. The molecule has 0 fully saturated rings. The first kappa shape index (κ1) is 22.6. The fourth-order valence-electron chi connectivity index (χ4n) is 2.50. The van der Waals surface area contributed by atoms with Crippen molar-refractivity contribution in [3.05, 3.63) is 76.1 Å². The van der Waals surface area contributed by atoms with Gasteiger partial charge >= 0.3 is 12.4 Å². The monoisotopic (exact) mass is 416 g/mol. The van der Waals surface area contributed by atoms with Crippen LogP contribution in [0.4, 0.5) is 26.3 Å². The Morgan fingerprint density at radius 2 is 1.07 bits per heavy atom. The fraction of sp³-hybridized carbons (Fsp3) is 0.300. The lowest BCUT2D eigenvalue weighted by Gasteiger charge is -2.18. The van der Waals surface area contributed by atoms with E-state index < -0.39 is 35.0 Å².